The quantitative estimate of drug-likeness (QED) is 0.469. The van der Waals surface area contributed by atoms with E-state index in [9.17, 15) is 14.9 Å². The van der Waals surface area contributed by atoms with E-state index in [0.717, 1.165) is 12.8 Å². The second kappa shape index (κ2) is 6.54. The molecule has 0 N–H and O–H groups in total. The molecule has 1 aromatic rings. The lowest BCUT2D eigenvalue weighted by Gasteiger charge is -2.16. The molecule has 1 amide bonds. The predicted octanol–water partition coefficient (Wildman–Crippen LogP) is 3.45. The van der Waals surface area contributed by atoms with Gasteiger partial charge in [0.2, 0.25) is 0 Å². The number of carbonyl (C=O) groups is 1. The highest BCUT2D eigenvalue weighted by atomic mass is 79.9. The Bertz CT molecular complexity index is 538. The maximum absolute atomic E-state index is 12.4. The average Bonchev–Trinajstić information content (AvgIpc) is 2.86. The van der Waals surface area contributed by atoms with Crippen LogP contribution in [0.1, 0.15) is 23.2 Å². The summed E-state index contributed by atoms with van der Waals surface area (Å²) < 4.78 is 0.534. The van der Waals surface area contributed by atoms with E-state index in [0.29, 0.717) is 34.9 Å². The number of likely N-dealkylation sites (tertiary alicyclic amines) is 1. The topological polar surface area (TPSA) is 63.4 Å². The van der Waals surface area contributed by atoms with E-state index in [4.69, 9.17) is 11.6 Å². The van der Waals surface area contributed by atoms with Crippen LogP contribution in [0.25, 0.3) is 0 Å². The summed E-state index contributed by atoms with van der Waals surface area (Å²) in [6, 6.07) is 4.32. The van der Waals surface area contributed by atoms with Crippen molar-refractivity contribution in [3.05, 3.63) is 38.3 Å². The Labute approximate surface area is 130 Å². The Balaban J connectivity index is 2.15. The van der Waals surface area contributed by atoms with Crippen molar-refractivity contribution in [2.24, 2.45) is 5.92 Å². The summed E-state index contributed by atoms with van der Waals surface area (Å²) in [6.07, 6.45) is 1.83. The molecule has 0 spiro atoms. The number of hydrogen-bond donors (Lipinski definition) is 0. The first kappa shape index (κ1) is 15.3. The highest BCUT2D eigenvalue weighted by Gasteiger charge is 2.27. The number of nitrogens with zero attached hydrogens (tertiary/aromatic N) is 2. The molecule has 1 fully saturated rings. The third kappa shape index (κ3) is 3.49. The van der Waals surface area contributed by atoms with E-state index in [-0.39, 0.29) is 11.6 Å². The molecule has 1 atom stereocenters. The number of amides is 1. The molecule has 2 rings (SSSR count). The number of hydrogen-bond acceptors (Lipinski definition) is 3. The molecule has 1 aromatic carbocycles. The third-order valence-corrected chi connectivity index (χ3v) is 4.11. The fraction of sp³-hybridized carbons (Fsp3) is 0.462. The number of carbonyl (C=O) groups excluding carboxylic acids is 1. The van der Waals surface area contributed by atoms with E-state index < -0.39 is 4.92 Å². The first-order valence-electron chi connectivity index (χ1n) is 6.31. The number of non-ortho nitro benzene ring substituents is 1. The van der Waals surface area contributed by atoms with E-state index in [1.807, 2.05) is 0 Å². The summed E-state index contributed by atoms with van der Waals surface area (Å²) >= 11 is 8.92. The highest BCUT2D eigenvalue weighted by Crippen LogP contribution is 2.25. The number of benzene rings is 1. The Kier molecular flexibility index (Phi) is 4.99. The molecule has 0 bridgehead atoms. The van der Waals surface area contributed by atoms with Crippen LogP contribution in [0.15, 0.2) is 22.7 Å². The van der Waals surface area contributed by atoms with Gasteiger partial charge in [0.25, 0.3) is 11.6 Å². The van der Waals surface area contributed by atoms with Crippen LogP contribution in [0.4, 0.5) is 5.69 Å². The summed E-state index contributed by atoms with van der Waals surface area (Å²) in [5, 5.41) is 10.8. The summed E-state index contributed by atoms with van der Waals surface area (Å²) in [5.74, 6) is 0.861. The van der Waals surface area contributed by atoms with Crippen LogP contribution in [0.2, 0.25) is 0 Å². The predicted molar refractivity (Wildman–Crippen MR) is 80.1 cm³/mol. The molecule has 1 unspecified atom stereocenters. The van der Waals surface area contributed by atoms with Gasteiger partial charge in [0, 0.05) is 41.1 Å². The molecule has 7 heteroatoms. The van der Waals surface area contributed by atoms with Gasteiger partial charge in [-0.05, 0) is 24.8 Å². The van der Waals surface area contributed by atoms with Crippen LogP contribution in [-0.2, 0) is 0 Å². The highest BCUT2D eigenvalue weighted by molar-refractivity contribution is 9.10. The maximum atomic E-state index is 12.4. The van der Waals surface area contributed by atoms with Gasteiger partial charge in [0.05, 0.1) is 4.92 Å². The number of nitro groups is 1. The number of alkyl halides is 1. The minimum Gasteiger partial charge on any atom is -0.338 e. The monoisotopic (exact) mass is 360 g/mol. The number of rotatable bonds is 4. The molecular formula is C13H14BrClN2O3. The normalized spacial score (nSPS) is 18.3. The van der Waals surface area contributed by atoms with Crippen molar-refractivity contribution in [1.82, 2.24) is 4.90 Å². The molecule has 1 heterocycles. The SMILES string of the molecule is O=C(c1cc(Br)cc([N+](=O)[O-])c1)N1CCC(CCCl)C1. The largest absolute Gasteiger partial charge is 0.338 e. The van der Waals surface area contributed by atoms with Gasteiger partial charge in [-0.2, -0.15) is 0 Å². The van der Waals surface area contributed by atoms with Crippen molar-refractivity contribution in [2.75, 3.05) is 19.0 Å². The second-order valence-corrected chi connectivity index (χ2v) is 6.13. The number of nitro benzene ring substituents is 1. The first-order valence-corrected chi connectivity index (χ1v) is 7.64. The van der Waals surface area contributed by atoms with Crippen LogP contribution in [0.3, 0.4) is 0 Å². The van der Waals surface area contributed by atoms with Crippen LogP contribution >= 0.6 is 27.5 Å². The Hall–Kier alpha value is -1.14. The van der Waals surface area contributed by atoms with Gasteiger partial charge < -0.3 is 4.90 Å². The van der Waals surface area contributed by atoms with Crippen molar-refractivity contribution < 1.29 is 9.72 Å². The van der Waals surface area contributed by atoms with E-state index in [1.165, 1.54) is 12.1 Å². The molecule has 0 radical (unpaired) electrons. The molecule has 108 valence electrons. The van der Waals surface area contributed by atoms with E-state index in [1.54, 1.807) is 11.0 Å². The summed E-state index contributed by atoms with van der Waals surface area (Å²) in [4.78, 5) is 24.4. The fourth-order valence-corrected chi connectivity index (χ4v) is 3.18. The zero-order chi connectivity index (χ0) is 14.7. The molecule has 1 aliphatic rings. The lowest BCUT2D eigenvalue weighted by atomic mass is 10.1. The zero-order valence-corrected chi connectivity index (χ0v) is 13.1. The Morgan fingerprint density at radius 2 is 2.25 bits per heavy atom. The molecule has 0 aromatic heterocycles. The van der Waals surface area contributed by atoms with Crippen molar-refractivity contribution in [2.45, 2.75) is 12.8 Å². The molecule has 0 saturated carbocycles. The van der Waals surface area contributed by atoms with Crippen molar-refractivity contribution >= 4 is 39.1 Å². The molecule has 5 nitrogen and oxygen atoms in total. The van der Waals surface area contributed by atoms with Crippen molar-refractivity contribution in [3.63, 3.8) is 0 Å². The van der Waals surface area contributed by atoms with Gasteiger partial charge in [-0.3, -0.25) is 14.9 Å². The van der Waals surface area contributed by atoms with Crippen LogP contribution in [0, 0.1) is 16.0 Å². The third-order valence-electron chi connectivity index (χ3n) is 3.43. The smallest absolute Gasteiger partial charge is 0.271 e. The van der Waals surface area contributed by atoms with E-state index >= 15 is 0 Å². The fourth-order valence-electron chi connectivity index (χ4n) is 2.39. The molecular weight excluding hydrogens is 348 g/mol. The minimum absolute atomic E-state index is 0.0840. The van der Waals surface area contributed by atoms with Crippen LogP contribution in [0.5, 0.6) is 0 Å². The van der Waals surface area contributed by atoms with Crippen molar-refractivity contribution in [1.29, 1.82) is 0 Å². The minimum atomic E-state index is -0.498. The Morgan fingerprint density at radius 3 is 2.90 bits per heavy atom. The average molecular weight is 362 g/mol. The van der Waals surface area contributed by atoms with Gasteiger partial charge >= 0.3 is 0 Å². The molecule has 20 heavy (non-hydrogen) atoms. The zero-order valence-electron chi connectivity index (χ0n) is 10.7. The summed E-state index contributed by atoms with van der Waals surface area (Å²) in [7, 11) is 0. The van der Waals surface area contributed by atoms with Crippen molar-refractivity contribution in [3.8, 4) is 0 Å². The lowest BCUT2D eigenvalue weighted by Crippen LogP contribution is -2.28. The standard InChI is InChI=1S/C13H14BrClN2O3/c14-11-5-10(6-12(7-11)17(19)20)13(18)16-4-2-9(8-16)1-3-15/h5-7,9H,1-4,8H2. The van der Waals surface area contributed by atoms with Gasteiger partial charge in [-0.1, -0.05) is 15.9 Å². The summed E-state index contributed by atoms with van der Waals surface area (Å²) in [6.45, 7) is 1.35. The van der Waals surface area contributed by atoms with Crippen LogP contribution < -0.4 is 0 Å². The number of halogens is 2. The molecule has 1 aliphatic heterocycles. The van der Waals surface area contributed by atoms with Gasteiger partial charge in [0.15, 0.2) is 0 Å². The lowest BCUT2D eigenvalue weighted by molar-refractivity contribution is -0.385. The maximum Gasteiger partial charge on any atom is 0.271 e. The van der Waals surface area contributed by atoms with Gasteiger partial charge in [0.1, 0.15) is 0 Å². The second-order valence-electron chi connectivity index (χ2n) is 4.84. The van der Waals surface area contributed by atoms with E-state index in [2.05, 4.69) is 15.9 Å². The molecule has 1 saturated heterocycles. The summed E-state index contributed by atoms with van der Waals surface area (Å²) in [5.41, 5.74) is 0.261. The Morgan fingerprint density at radius 1 is 1.50 bits per heavy atom. The van der Waals surface area contributed by atoms with Crippen LogP contribution in [-0.4, -0.2) is 34.7 Å². The first-order chi connectivity index (χ1) is 9.51. The molecule has 0 aliphatic carbocycles. The van der Waals surface area contributed by atoms with Gasteiger partial charge in [-0.15, -0.1) is 11.6 Å². The van der Waals surface area contributed by atoms with Gasteiger partial charge in [-0.25, -0.2) is 0 Å².